The van der Waals surface area contributed by atoms with Crippen LogP contribution in [0.2, 0.25) is 5.02 Å². The van der Waals surface area contributed by atoms with Crippen LogP contribution >= 0.6 is 11.6 Å². The molecule has 2 aliphatic rings. The highest BCUT2D eigenvalue weighted by Crippen LogP contribution is 2.36. The number of hydrogen-bond acceptors (Lipinski definition) is 7. The van der Waals surface area contributed by atoms with Gasteiger partial charge in [0.05, 0.1) is 10.4 Å². The fourth-order valence-electron chi connectivity index (χ4n) is 5.01. The predicted molar refractivity (Wildman–Crippen MR) is 134 cm³/mol. The number of aromatic nitrogens is 3. The van der Waals surface area contributed by atoms with Gasteiger partial charge in [-0.1, -0.05) is 23.7 Å². The van der Waals surface area contributed by atoms with E-state index >= 15 is 0 Å². The summed E-state index contributed by atoms with van der Waals surface area (Å²) in [4.78, 5) is 18.8. The molecular weight excluding hydrogens is 491 g/mol. The van der Waals surface area contributed by atoms with Crippen LogP contribution in [0, 0.1) is 5.92 Å². The van der Waals surface area contributed by atoms with Crippen molar-refractivity contribution >= 4 is 28.5 Å². The van der Waals surface area contributed by atoms with Crippen molar-refractivity contribution in [3.63, 3.8) is 0 Å². The second kappa shape index (κ2) is 9.74. The molecule has 0 spiro atoms. The van der Waals surface area contributed by atoms with Gasteiger partial charge in [-0.15, -0.1) is 0 Å². The second-order valence-corrected chi connectivity index (χ2v) is 9.65. The van der Waals surface area contributed by atoms with Crippen molar-refractivity contribution in [3.05, 3.63) is 59.5 Å². The van der Waals surface area contributed by atoms with Gasteiger partial charge in [0.15, 0.2) is 17.8 Å². The third-order valence-corrected chi connectivity index (χ3v) is 7.16. The summed E-state index contributed by atoms with van der Waals surface area (Å²) in [6.07, 6.45) is -0.177. The lowest BCUT2D eigenvalue weighted by Gasteiger charge is -2.42. The zero-order valence-corrected chi connectivity index (χ0v) is 20.8. The Morgan fingerprint density at radius 2 is 1.81 bits per heavy atom. The molecule has 3 aromatic rings. The lowest BCUT2D eigenvalue weighted by Crippen LogP contribution is -2.53. The summed E-state index contributed by atoms with van der Waals surface area (Å²) in [5, 5.41) is 4.87. The summed E-state index contributed by atoms with van der Waals surface area (Å²) in [7, 11) is 3.20. The second-order valence-electron chi connectivity index (χ2n) is 9.25. The number of fused-ring (bicyclic) bond motifs is 1. The highest BCUT2D eigenvalue weighted by Gasteiger charge is 2.45. The molecule has 0 amide bonds. The molecule has 7 nitrogen and oxygen atoms in total. The maximum atomic E-state index is 13.3. The van der Waals surface area contributed by atoms with Gasteiger partial charge in [-0.2, -0.15) is 13.2 Å². The molecule has 5 rings (SSSR count). The van der Waals surface area contributed by atoms with E-state index in [1.165, 1.54) is 18.1 Å². The van der Waals surface area contributed by atoms with Crippen molar-refractivity contribution in [2.75, 3.05) is 39.0 Å². The van der Waals surface area contributed by atoms with Crippen LogP contribution in [0.5, 0.6) is 0 Å². The number of nitrogens with zero attached hydrogens (tertiary/aromatic N) is 6. The summed E-state index contributed by atoms with van der Waals surface area (Å²) < 4.78 is 40.0. The zero-order valence-electron chi connectivity index (χ0n) is 20.0. The molecule has 1 aromatic carbocycles. The van der Waals surface area contributed by atoms with Crippen molar-refractivity contribution in [1.82, 2.24) is 29.7 Å². The molecule has 0 radical (unpaired) electrons. The number of hydrogen-bond donors (Lipinski definition) is 1. The fraction of sp³-hybridized carbons (Fsp3) is 0.400. The van der Waals surface area contributed by atoms with E-state index in [1.54, 1.807) is 24.2 Å². The van der Waals surface area contributed by atoms with E-state index in [-0.39, 0.29) is 0 Å². The Morgan fingerprint density at radius 3 is 2.50 bits per heavy atom. The normalized spacial score (nSPS) is 19.7. The molecule has 36 heavy (non-hydrogen) atoms. The summed E-state index contributed by atoms with van der Waals surface area (Å²) >= 11 is 6.38. The summed E-state index contributed by atoms with van der Waals surface area (Å²) in [5.41, 5.74) is 0.706. The van der Waals surface area contributed by atoms with E-state index < -0.39 is 18.2 Å². The molecule has 1 fully saturated rings. The first-order chi connectivity index (χ1) is 17.2. The number of benzene rings is 1. The number of rotatable bonds is 5. The van der Waals surface area contributed by atoms with E-state index in [0.717, 1.165) is 23.8 Å². The van der Waals surface area contributed by atoms with Gasteiger partial charge in [-0.3, -0.25) is 4.90 Å². The van der Waals surface area contributed by atoms with Crippen LogP contribution in [0.25, 0.3) is 22.4 Å². The van der Waals surface area contributed by atoms with Gasteiger partial charge < -0.3 is 15.1 Å². The minimum atomic E-state index is -4.36. The van der Waals surface area contributed by atoms with Gasteiger partial charge in [0, 0.05) is 51.7 Å². The van der Waals surface area contributed by atoms with Crippen molar-refractivity contribution in [1.29, 1.82) is 0 Å². The molecule has 1 atom stereocenters. The number of halogens is 4. The smallest absolute Gasteiger partial charge is 0.369 e. The first kappa shape index (κ1) is 24.6. The van der Waals surface area contributed by atoms with Crippen LogP contribution in [0.4, 0.5) is 19.0 Å². The summed E-state index contributed by atoms with van der Waals surface area (Å²) in [5.74, 6) is 1.56. The highest BCUT2D eigenvalue weighted by molar-refractivity contribution is 6.33. The van der Waals surface area contributed by atoms with Crippen LogP contribution in [-0.4, -0.2) is 75.8 Å². The molecule has 0 saturated carbocycles. The Bertz CT molecular complexity index is 1270. The molecule has 0 aliphatic carbocycles. The maximum absolute atomic E-state index is 13.3. The number of piperidine rings is 1. The van der Waals surface area contributed by atoms with Gasteiger partial charge in [0.2, 0.25) is 0 Å². The molecule has 11 heteroatoms. The molecular formula is C25H27ClF3N7. The Kier molecular flexibility index (Phi) is 6.65. The molecule has 0 bridgehead atoms. The minimum absolute atomic E-state index is 0.360. The van der Waals surface area contributed by atoms with Crippen LogP contribution < -0.4 is 5.32 Å². The summed E-state index contributed by atoms with van der Waals surface area (Å²) in [6.45, 7) is 2.11. The maximum Gasteiger partial charge on any atom is 0.432 e. The van der Waals surface area contributed by atoms with Gasteiger partial charge in [-0.25, -0.2) is 15.0 Å². The zero-order chi connectivity index (χ0) is 25.4. The summed E-state index contributed by atoms with van der Waals surface area (Å²) in [6, 6.07) is 11.2. The van der Waals surface area contributed by atoms with Crippen LogP contribution in [0.1, 0.15) is 12.8 Å². The first-order valence-electron chi connectivity index (χ1n) is 11.8. The third kappa shape index (κ3) is 4.79. The first-order valence-corrected chi connectivity index (χ1v) is 12.2. The number of anilines is 1. The topological polar surface area (TPSA) is 60.4 Å². The SMILES string of the molecule is CN1C=C(C(F)(F)F)N(C)C1N1CCC(CNc2nc(-c3ccccc3Cl)nc3ncccc23)CC1. The van der Waals surface area contributed by atoms with Crippen LogP contribution in [0.15, 0.2) is 54.5 Å². The predicted octanol–water partition coefficient (Wildman–Crippen LogP) is 5.03. The molecule has 190 valence electrons. The van der Waals surface area contributed by atoms with Crippen molar-refractivity contribution in [3.8, 4) is 11.4 Å². The average Bonchev–Trinajstić information content (AvgIpc) is 3.17. The van der Waals surface area contributed by atoms with Gasteiger partial charge in [0.25, 0.3) is 0 Å². The molecule has 1 saturated heterocycles. The van der Waals surface area contributed by atoms with E-state index in [2.05, 4.69) is 20.2 Å². The van der Waals surface area contributed by atoms with Crippen molar-refractivity contribution < 1.29 is 13.2 Å². The number of nitrogens with one attached hydrogen (secondary N) is 1. The minimum Gasteiger partial charge on any atom is -0.369 e. The van der Waals surface area contributed by atoms with E-state index in [1.807, 2.05) is 30.3 Å². The highest BCUT2D eigenvalue weighted by atomic mass is 35.5. The quantitative estimate of drug-likeness (QED) is 0.509. The van der Waals surface area contributed by atoms with Gasteiger partial charge in [-0.05, 0) is 43.0 Å². The van der Waals surface area contributed by atoms with Gasteiger partial charge >= 0.3 is 6.18 Å². The molecule has 1 N–H and O–H groups in total. The van der Waals surface area contributed by atoms with E-state index in [0.29, 0.717) is 47.9 Å². The van der Waals surface area contributed by atoms with E-state index in [4.69, 9.17) is 16.6 Å². The Balaban J connectivity index is 1.26. The molecule has 2 aliphatic heterocycles. The van der Waals surface area contributed by atoms with Gasteiger partial charge in [0.1, 0.15) is 11.5 Å². The number of alkyl halides is 3. The average molecular weight is 518 g/mol. The molecule has 4 heterocycles. The Morgan fingerprint density at radius 1 is 1.06 bits per heavy atom. The number of allylic oxidation sites excluding steroid dienone is 1. The molecule has 1 unspecified atom stereocenters. The molecule has 2 aromatic heterocycles. The number of likely N-dealkylation sites (tertiary alicyclic amines) is 1. The van der Waals surface area contributed by atoms with E-state index in [9.17, 15) is 13.2 Å². The third-order valence-electron chi connectivity index (χ3n) is 6.83. The fourth-order valence-corrected chi connectivity index (χ4v) is 5.23. The largest absolute Gasteiger partial charge is 0.432 e. The van der Waals surface area contributed by atoms with Crippen molar-refractivity contribution in [2.24, 2.45) is 5.92 Å². The Labute approximate surface area is 212 Å². The van der Waals surface area contributed by atoms with Crippen LogP contribution in [0.3, 0.4) is 0 Å². The van der Waals surface area contributed by atoms with Crippen molar-refractivity contribution in [2.45, 2.75) is 25.3 Å². The standard InChI is InChI=1S/C25H27ClF3N7/c1-34-15-20(25(27,28)29)35(2)24(34)36-12-9-16(10-13-36)14-31-22-18-7-5-11-30-21(18)32-23(33-22)17-6-3-4-8-19(17)26/h3-8,11,15-16,24H,9-10,12-14H2,1-2H3,(H,30,31,32,33). The van der Waals surface area contributed by atoms with Crippen LogP contribution in [-0.2, 0) is 0 Å². The lowest BCUT2D eigenvalue weighted by atomic mass is 9.96. The monoisotopic (exact) mass is 517 g/mol. The number of pyridine rings is 1. The Hall–Kier alpha value is -3.11. The lowest BCUT2D eigenvalue weighted by molar-refractivity contribution is -0.119.